The van der Waals surface area contributed by atoms with Gasteiger partial charge in [-0.05, 0) is 127 Å². The van der Waals surface area contributed by atoms with Gasteiger partial charge in [-0.1, -0.05) is 127 Å². The number of halogens is 6. The molecule has 12 rings (SSSR count). The predicted molar refractivity (Wildman–Crippen MR) is 364 cm³/mol. The third-order valence-electron chi connectivity index (χ3n) is 15.5. The Morgan fingerprint density at radius 3 is 1.29 bits per heavy atom. The number of aliphatic hydroxyl groups excluding tert-OH is 2. The van der Waals surface area contributed by atoms with Crippen LogP contribution in [0.4, 0.5) is 17.5 Å². The van der Waals surface area contributed by atoms with Crippen LogP contribution in [0.25, 0.3) is 66.1 Å². The van der Waals surface area contributed by atoms with E-state index in [4.69, 9.17) is 79.4 Å². The van der Waals surface area contributed by atoms with E-state index in [9.17, 15) is 24.6 Å². The minimum atomic E-state index is -0.981. The maximum absolute atomic E-state index is 12.1. The van der Waals surface area contributed by atoms with Gasteiger partial charge in [-0.3, -0.25) is 9.59 Å². The van der Waals surface area contributed by atoms with E-state index in [0.29, 0.717) is 56.3 Å². The molecule has 0 aliphatic carbocycles. The number of methoxy groups -OCH3 is 1. The molecule has 3 saturated heterocycles. The number of rotatable bonds is 11. The molecule has 1 amide bonds. The Labute approximate surface area is 552 Å². The summed E-state index contributed by atoms with van der Waals surface area (Å²) in [6.07, 6.45) is 10.6. The zero-order valence-electron chi connectivity index (χ0n) is 48.3. The van der Waals surface area contributed by atoms with E-state index in [1.165, 1.54) is 25.8 Å². The third kappa shape index (κ3) is 16.4. The number of nitrogens with zero attached hydrogens (tertiary/aromatic N) is 10. The van der Waals surface area contributed by atoms with Crippen molar-refractivity contribution in [2.75, 3.05) is 80.8 Å². The Morgan fingerprint density at radius 2 is 0.922 bits per heavy atom. The normalized spacial score (nSPS) is 16.3. The highest BCUT2D eigenvalue weighted by Crippen LogP contribution is 2.40. The molecule has 3 fully saturated rings. The maximum Gasteiger partial charge on any atom is 0.327 e. The molecule has 0 radical (unpaired) electrons. The molecule has 0 unspecified atom stereocenters. The van der Waals surface area contributed by atoms with Crippen molar-refractivity contribution in [1.82, 2.24) is 34.8 Å². The van der Waals surface area contributed by atoms with Gasteiger partial charge in [0.1, 0.15) is 36.4 Å². The predicted octanol–water partition coefficient (Wildman–Crippen LogP) is 14.5. The van der Waals surface area contributed by atoms with Crippen molar-refractivity contribution in [3.8, 4) is 33.4 Å². The van der Waals surface area contributed by atoms with Gasteiger partial charge in [0, 0.05) is 106 Å². The monoisotopic (exact) mass is 1330 g/mol. The van der Waals surface area contributed by atoms with Crippen molar-refractivity contribution in [3.05, 3.63) is 184 Å². The smallest absolute Gasteiger partial charge is 0.327 e. The number of ether oxygens (including phenoxy) is 1. The number of hydrogen-bond donors (Lipinski definition) is 3. The molecule has 3 aromatic heterocycles. The molecule has 468 valence electrons. The lowest BCUT2D eigenvalue weighted by Crippen LogP contribution is -2.56. The average molecular weight is 1340 g/mol. The number of carbonyl (C=O) groups is 3. The summed E-state index contributed by atoms with van der Waals surface area (Å²) in [7, 11) is 1.43. The van der Waals surface area contributed by atoms with Crippen molar-refractivity contribution < 1.29 is 34.4 Å². The lowest BCUT2D eigenvalue weighted by molar-refractivity contribution is -0.145. The number of amides is 1. The number of anilines is 3. The average Bonchev–Trinajstić information content (AvgIpc) is 1.07. The van der Waals surface area contributed by atoms with Gasteiger partial charge in [0.2, 0.25) is 5.91 Å². The zero-order chi connectivity index (χ0) is 63.3. The third-order valence-corrected chi connectivity index (χ3v) is 17.2. The van der Waals surface area contributed by atoms with Gasteiger partial charge in [-0.15, -0.1) is 0 Å². The van der Waals surface area contributed by atoms with E-state index in [2.05, 4.69) is 63.8 Å². The van der Waals surface area contributed by atoms with Crippen LogP contribution in [0.3, 0.4) is 0 Å². The summed E-state index contributed by atoms with van der Waals surface area (Å²) in [5.74, 6) is 1.26. The number of aliphatic hydroxyl groups is 2. The Balaban J connectivity index is 0.000000167. The van der Waals surface area contributed by atoms with Gasteiger partial charge in [0.15, 0.2) is 0 Å². The van der Waals surface area contributed by atoms with Gasteiger partial charge in [-0.25, -0.2) is 34.7 Å². The summed E-state index contributed by atoms with van der Waals surface area (Å²) < 4.78 is 4.94. The summed E-state index contributed by atoms with van der Waals surface area (Å²) in [5, 5.41) is 33.6. The minimum absolute atomic E-state index is 0. The van der Waals surface area contributed by atoms with E-state index < -0.39 is 5.97 Å². The molecule has 3 aliphatic heterocycles. The molecule has 23 heteroatoms. The molecule has 3 N–H and O–H groups in total. The number of carboxylic acids is 1. The van der Waals surface area contributed by atoms with E-state index in [0.717, 1.165) is 135 Å². The van der Waals surface area contributed by atoms with E-state index in [1.54, 1.807) is 11.2 Å². The van der Waals surface area contributed by atoms with E-state index in [-0.39, 0.29) is 50.4 Å². The van der Waals surface area contributed by atoms with Crippen molar-refractivity contribution >= 4 is 138 Å². The first kappa shape index (κ1) is 68.2. The fraction of sp³-hybridized carbons (Fsp3) is 0.269. The van der Waals surface area contributed by atoms with E-state index >= 15 is 0 Å². The highest BCUT2D eigenvalue weighted by atomic mass is 35.5. The second kappa shape index (κ2) is 31.8. The number of aromatic nitrogens is 6. The Bertz CT molecular complexity index is 4020. The quantitative estimate of drug-likeness (QED) is 0.0812. The van der Waals surface area contributed by atoms with Gasteiger partial charge in [0.25, 0.3) is 0 Å². The number of aliphatic carboxylic acids is 1. The molecule has 17 nitrogen and oxygen atoms in total. The van der Waals surface area contributed by atoms with Crippen molar-refractivity contribution in [1.29, 1.82) is 0 Å². The molecule has 90 heavy (non-hydrogen) atoms. The topological polar surface area (TPSA) is 211 Å². The van der Waals surface area contributed by atoms with Gasteiger partial charge in [-0.2, -0.15) is 0 Å². The second-order valence-corrected chi connectivity index (χ2v) is 23.7. The first-order chi connectivity index (χ1) is 43.0. The molecular weight excluding hydrogens is 1270 g/mol. The second-order valence-electron chi connectivity index (χ2n) is 21.2. The summed E-state index contributed by atoms with van der Waals surface area (Å²) in [6.45, 7) is 11.2. The van der Waals surface area contributed by atoms with Crippen LogP contribution in [0.1, 0.15) is 33.1 Å². The maximum atomic E-state index is 12.1. The Hall–Kier alpha value is -7.71. The fourth-order valence-electron chi connectivity index (χ4n) is 11.0. The standard InChI is InChI=1S/C22H20Cl2N4O2.C21H19Cl2N3O2.C20H19Cl2N3O.C3H4O2.CH4/c1-2-21(30)28-8-7-27(11-16(28)12-29)22-18-9-17(14-3-5-15(23)6-4-14)19(24)10-20(18)25-13-26-22;1-28-21(27)14-3-2-8-26(11-14)20-17-9-16(13-4-6-15(22)7-5-13)18(23)10-19(17)24-12-25-20;21-15-5-3-14(4-6-15)16-8-17-19(9-18(16)22)23-12-24-20(17)25-7-1-2-13(10-25)11-26;1-2-3(4)5;/h2-6,9-10,13,16,29H,1,7-8,11-12H2;4-7,9-10,12,14H,2-3,8,11H2,1H3;3-6,8-9,12-13,26H,1-2,7,10-11H2;2H,1H2,(H,4,5);1H4/t16-;14-;13-;;/m000../s1. The van der Waals surface area contributed by atoms with Crippen LogP contribution < -0.4 is 14.7 Å². The first-order valence-electron chi connectivity index (χ1n) is 28.4. The summed E-state index contributed by atoms with van der Waals surface area (Å²) in [5.41, 5.74) is 7.92. The van der Waals surface area contributed by atoms with Gasteiger partial charge >= 0.3 is 11.9 Å². The number of carbonyl (C=O) groups excluding carboxylic acids is 2. The SMILES string of the molecule is C.C=CC(=O)N1CCN(c2ncnc3cc(Cl)c(-c4ccc(Cl)cc4)cc23)C[C@H]1CO.C=CC(=O)O.COC(=O)[C@H]1CCCN(c2ncnc3cc(Cl)c(-c4ccc(Cl)cc4)cc23)C1.OC[C@H]1CCCN(c2ncnc3cc(Cl)c(-c4ccc(Cl)cc4)cc23)C1. The van der Waals surface area contributed by atoms with Gasteiger partial charge < -0.3 is 39.7 Å². The molecule has 6 aromatic carbocycles. The van der Waals surface area contributed by atoms with Crippen molar-refractivity contribution in [3.63, 3.8) is 0 Å². The number of benzene rings is 6. The minimum Gasteiger partial charge on any atom is -0.478 e. The van der Waals surface area contributed by atoms with Crippen LogP contribution in [0.15, 0.2) is 153 Å². The lowest BCUT2D eigenvalue weighted by atomic mass is 9.97. The number of piperazine rings is 1. The highest BCUT2D eigenvalue weighted by molar-refractivity contribution is 6.36. The number of fused-ring (bicyclic) bond motifs is 3. The number of carboxylic acid groups (broad SMARTS) is 1. The lowest BCUT2D eigenvalue weighted by Gasteiger charge is -2.41. The molecule has 3 atom stereocenters. The van der Waals surface area contributed by atoms with Crippen LogP contribution in [0.5, 0.6) is 0 Å². The Morgan fingerprint density at radius 1 is 0.533 bits per heavy atom. The molecule has 6 heterocycles. The molecule has 9 aromatic rings. The number of piperidine rings is 2. The van der Waals surface area contributed by atoms with Crippen molar-refractivity contribution in [2.24, 2.45) is 11.8 Å². The Kier molecular flexibility index (Phi) is 24.1. The molecule has 0 bridgehead atoms. The van der Waals surface area contributed by atoms with Crippen molar-refractivity contribution in [2.45, 2.75) is 39.2 Å². The summed E-state index contributed by atoms with van der Waals surface area (Å²) in [4.78, 5) is 68.2. The highest BCUT2D eigenvalue weighted by Gasteiger charge is 2.32. The van der Waals surface area contributed by atoms with E-state index in [1.807, 2.05) is 103 Å². The van der Waals surface area contributed by atoms with Crippen LogP contribution in [0.2, 0.25) is 30.1 Å². The number of hydrogen-bond acceptors (Lipinski definition) is 15. The van der Waals surface area contributed by atoms with Crippen LogP contribution in [-0.4, -0.2) is 140 Å². The van der Waals surface area contributed by atoms with Crippen LogP contribution >= 0.6 is 69.6 Å². The molecule has 3 aliphatic rings. The largest absolute Gasteiger partial charge is 0.478 e. The fourth-order valence-corrected chi connectivity index (χ4v) is 12.2. The van der Waals surface area contributed by atoms with Crippen LogP contribution in [0, 0.1) is 11.8 Å². The molecule has 0 saturated carbocycles. The molecule has 0 spiro atoms. The first-order valence-corrected chi connectivity index (χ1v) is 30.7. The summed E-state index contributed by atoms with van der Waals surface area (Å²) >= 11 is 37.6. The zero-order valence-corrected chi connectivity index (χ0v) is 52.9. The number of esters is 1. The van der Waals surface area contributed by atoms with Crippen LogP contribution in [-0.2, 0) is 19.1 Å². The summed E-state index contributed by atoms with van der Waals surface area (Å²) in [6, 6.07) is 33.9. The van der Waals surface area contributed by atoms with Gasteiger partial charge in [0.05, 0.1) is 57.3 Å². The molecular formula is C67H66Cl6N10O7.